The van der Waals surface area contributed by atoms with Crippen LogP contribution in [0.1, 0.15) is 71.2 Å². The minimum Gasteiger partial charge on any atom is -0.478 e. The molecule has 0 radical (unpaired) electrons. The Kier molecular flexibility index (Phi) is 6.70. The standard InChI is InChI=1S/C24H29NO4/c1-24(16-25-22(27)18-9-11-19(12-10-18)23(28)29)13-5-8-21(26)14-20(15-24)17-6-3-2-4-7-17/h2-4,6-7,9-12,20-21,26H,5,8,13-16H2,1H3,(H,25,27)(H,28,29)/t20-,21+,24+/m0/s1. The SMILES string of the molecule is C[C@@]1(CNC(=O)c2ccc(C(=O)O)cc2)CCC[C@@H](O)C[C@H](c2ccccc2)C1. The number of carboxylic acid groups (broad SMARTS) is 1. The molecule has 0 spiro atoms. The average Bonchev–Trinajstić information content (AvgIpc) is 2.71. The van der Waals surface area contributed by atoms with Gasteiger partial charge in [0.15, 0.2) is 0 Å². The molecule has 1 aliphatic rings. The molecule has 1 fully saturated rings. The predicted molar refractivity (Wildman–Crippen MR) is 112 cm³/mol. The Labute approximate surface area is 171 Å². The third kappa shape index (κ3) is 5.67. The van der Waals surface area contributed by atoms with Crippen LogP contribution in [0, 0.1) is 5.41 Å². The van der Waals surface area contributed by atoms with E-state index < -0.39 is 5.97 Å². The van der Waals surface area contributed by atoms with E-state index in [9.17, 15) is 14.7 Å². The van der Waals surface area contributed by atoms with Crippen molar-refractivity contribution in [1.82, 2.24) is 5.32 Å². The van der Waals surface area contributed by atoms with Crippen molar-refractivity contribution in [2.45, 2.75) is 51.0 Å². The number of carbonyl (C=O) groups excluding carboxylic acids is 1. The lowest BCUT2D eigenvalue weighted by Gasteiger charge is -2.37. The average molecular weight is 395 g/mol. The molecule has 29 heavy (non-hydrogen) atoms. The molecule has 0 bridgehead atoms. The highest BCUT2D eigenvalue weighted by molar-refractivity contribution is 5.95. The van der Waals surface area contributed by atoms with Crippen LogP contribution in [0.2, 0.25) is 0 Å². The van der Waals surface area contributed by atoms with E-state index in [4.69, 9.17) is 5.11 Å². The van der Waals surface area contributed by atoms with Gasteiger partial charge in [-0.1, -0.05) is 43.7 Å². The molecule has 0 heterocycles. The Morgan fingerprint density at radius 2 is 1.72 bits per heavy atom. The van der Waals surface area contributed by atoms with Gasteiger partial charge < -0.3 is 15.5 Å². The number of aromatic carboxylic acids is 1. The monoisotopic (exact) mass is 395 g/mol. The number of amides is 1. The zero-order valence-corrected chi connectivity index (χ0v) is 16.8. The zero-order chi connectivity index (χ0) is 20.9. The lowest BCUT2D eigenvalue weighted by Crippen LogP contribution is -2.38. The fourth-order valence-corrected chi connectivity index (χ4v) is 4.29. The van der Waals surface area contributed by atoms with Crippen LogP contribution in [0.25, 0.3) is 0 Å². The highest BCUT2D eigenvalue weighted by Crippen LogP contribution is 2.40. The molecular formula is C24H29NO4. The maximum Gasteiger partial charge on any atom is 0.335 e. The van der Waals surface area contributed by atoms with Gasteiger partial charge >= 0.3 is 5.97 Å². The second-order valence-electron chi connectivity index (χ2n) is 8.47. The molecule has 0 saturated heterocycles. The molecule has 1 amide bonds. The molecule has 3 rings (SSSR count). The zero-order valence-electron chi connectivity index (χ0n) is 16.8. The van der Waals surface area contributed by atoms with Gasteiger partial charge in [0.05, 0.1) is 11.7 Å². The molecule has 2 aromatic carbocycles. The molecule has 3 N–H and O–H groups in total. The van der Waals surface area contributed by atoms with Gasteiger partial charge in [-0.3, -0.25) is 4.79 Å². The van der Waals surface area contributed by atoms with Gasteiger partial charge in [-0.15, -0.1) is 0 Å². The maximum absolute atomic E-state index is 12.6. The first-order chi connectivity index (χ1) is 13.9. The molecule has 3 atom stereocenters. The summed E-state index contributed by atoms with van der Waals surface area (Å²) in [6.07, 6.45) is 4.00. The predicted octanol–water partition coefficient (Wildman–Crippen LogP) is 4.23. The molecule has 0 aliphatic heterocycles. The Hall–Kier alpha value is -2.66. The summed E-state index contributed by atoms with van der Waals surface area (Å²) < 4.78 is 0. The summed E-state index contributed by atoms with van der Waals surface area (Å²) in [5, 5.41) is 22.4. The Bertz CT molecular complexity index is 834. The van der Waals surface area contributed by atoms with Gasteiger partial charge in [-0.25, -0.2) is 4.79 Å². The smallest absolute Gasteiger partial charge is 0.335 e. The Morgan fingerprint density at radius 3 is 2.38 bits per heavy atom. The van der Waals surface area contributed by atoms with Gasteiger partial charge in [0.1, 0.15) is 0 Å². The van der Waals surface area contributed by atoms with Gasteiger partial charge in [0.25, 0.3) is 5.91 Å². The number of benzene rings is 2. The van der Waals surface area contributed by atoms with Crippen LogP contribution in [-0.2, 0) is 0 Å². The molecule has 0 unspecified atom stereocenters. The molecule has 1 aliphatic carbocycles. The van der Waals surface area contributed by atoms with E-state index >= 15 is 0 Å². The summed E-state index contributed by atoms with van der Waals surface area (Å²) in [6, 6.07) is 16.3. The van der Waals surface area contributed by atoms with Crippen LogP contribution in [0.3, 0.4) is 0 Å². The first-order valence-corrected chi connectivity index (χ1v) is 10.2. The number of aliphatic hydroxyl groups is 1. The minimum absolute atomic E-state index is 0.0721. The largest absolute Gasteiger partial charge is 0.478 e. The first-order valence-electron chi connectivity index (χ1n) is 10.2. The molecule has 1 saturated carbocycles. The molecular weight excluding hydrogens is 366 g/mol. The van der Waals surface area contributed by atoms with E-state index in [1.807, 2.05) is 18.2 Å². The van der Waals surface area contributed by atoms with Gasteiger partial charge in [0, 0.05) is 12.1 Å². The second-order valence-corrected chi connectivity index (χ2v) is 8.47. The fourth-order valence-electron chi connectivity index (χ4n) is 4.29. The number of nitrogens with one attached hydrogen (secondary N) is 1. The van der Waals surface area contributed by atoms with Crippen molar-refractivity contribution in [3.63, 3.8) is 0 Å². The van der Waals surface area contributed by atoms with E-state index in [2.05, 4.69) is 24.4 Å². The van der Waals surface area contributed by atoms with Crippen molar-refractivity contribution in [1.29, 1.82) is 0 Å². The number of hydrogen-bond donors (Lipinski definition) is 3. The first kappa shape index (κ1) is 21.1. The van der Waals surface area contributed by atoms with Gasteiger partial charge in [-0.2, -0.15) is 0 Å². The number of carboxylic acids is 1. The lowest BCUT2D eigenvalue weighted by molar-refractivity contribution is 0.0696. The van der Waals surface area contributed by atoms with Crippen LogP contribution in [-0.4, -0.2) is 34.7 Å². The Balaban J connectivity index is 1.68. The fraction of sp³-hybridized carbons (Fsp3) is 0.417. The van der Waals surface area contributed by atoms with E-state index in [-0.39, 0.29) is 28.9 Å². The van der Waals surface area contributed by atoms with Crippen molar-refractivity contribution in [3.05, 3.63) is 71.3 Å². The summed E-state index contributed by atoms with van der Waals surface area (Å²) in [5.74, 6) is -0.946. The van der Waals surface area contributed by atoms with Gasteiger partial charge in [-0.05, 0) is 66.8 Å². The van der Waals surface area contributed by atoms with Crippen molar-refractivity contribution in [3.8, 4) is 0 Å². The lowest BCUT2D eigenvalue weighted by atomic mass is 9.71. The summed E-state index contributed by atoms with van der Waals surface area (Å²) in [5.41, 5.74) is 1.78. The molecule has 5 heteroatoms. The molecule has 2 aromatic rings. The highest BCUT2D eigenvalue weighted by Gasteiger charge is 2.32. The minimum atomic E-state index is -1.01. The molecule has 0 aromatic heterocycles. The number of carbonyl (C=O) groups is 2. The summed E-state index contributed by atoms with van der Waals surface area (Å²) in [6.45, 7) is 2.75. The third-order valence-electron chi connectivity index (χ3n) is 5.95. The van der Waals surface area contributed by atoms with Gasteiger partial charge in [0.2, 0.25) is 0 Å². The summed E-state index contributed by atoms with van der Waals surface area (Å²) in [4.78, 5) is 23.5. The normalized spacial score (nSPS) is 24.9. The van der Waals surface area contributed by atoms with Crippen LogP contribution >= 0.6 is 0 Å². The van der Waals surface area contributed by atoms with E-state index in [0.717, 1.165) is 32.1 Å². The van der Waals surface area contributed by atoms with Crippen molar-refractivity contribution < 1.29 is 19.8 Å². The van der Waals surface area contributed by atoms with Crippen molar-refractivity contribution >= 4 is 11.9 Å². The van der Waals surface area contributed by atoms with E-state index in [1.54, 1.807) is 12.1 Å². The molecule has 5 nitrogen and oxygen atoms in total. The number of rotatable bonds is 5. The molecule has 154 valence electrons. The van der Waals surface area contributed by atoms with Crippen LogP contribution in [0.4, 0.5) is 0 Å². The van der Waals surface area contributed by atoms with Crippen LogP contribution < -0.4 is 5.32 Å². The third-order valence-corrected chi connectivity index (χ3v) is 5.95. The van der Waals surface area contributed by atoms with Crippen LogP contribution in [0.15, 0.2) is 54.6 Å². The maximum atomic E-state index is 12.6. The topological polar surface area (TPSA) is 86.6 Å². The van der Waals surface area contributed by atoms with E-state index in [1.165, 1.54) is 17.7 Å². The van der Waals surface area contributed by atoms with Crippen molar-refractivity contribution in [2.24, 2.45) is 5.41 Å². The quantitative estimate of drug-likeness (QED) is 0.707. The van der Waals surface area contributed by atoms with Crippen molar-refractivity contribution in [2.75, 3.05) is 6.54 Å². The number of aliphatic hydroxyl groups excluding tert-OH is 1. The number of hydrogen-bond acceptors (Lipinski definition) is 3. The highest BCUT2D eigenvalue weighted by atomic mass is 16.4. The van der Waals surface area contributed by atoms with E-state index in [0.29, 0.717) is 12.1 Å². The second kappa shape index (κ2) is 9.23. The van der Waals surface area contributed by atoms with Crippen LogP contribution in [0.5, 0.6) is 0 Å². The Morgan fingerprint density at radius 1 is 1.07 bits per heavy atom. The summed E-state index contributed by atoms with van der Waals surface area (Å²) in [7, 11) is 0. The summed E-state index contributed by atoms with van der Waals surface area (Å²) >= 11 is 0.